The lowest BCUT2D eigenvalue weighted by Gasteiger charge is -2.23. The summed E-state index contributed by atoms with van der Waals surface area (Å²) in [7, 11) is 2.59. The lowest BCUT2D eigenvalue weighted by Crippen LogP contribution is -2.30. The van der Waals surface area contributed by atoms with Gasteiger partial charge in [0.1, 0.15) is 0 Å². The minimum Gasteiger partial charge on any atom is -0.468 e. The van der Waals surface area contributed by atoms with Gasteiger partial charge in [0.05, 0.1) is 14.2 Å². The summed E-state index contributed by atoms with van der Waals surface area (Å²) < 4.78 is 9.25. The molecule has 17 heavy (non-hydrogen) atoms. The number of ether oxygens (including phenoxy) is 2. The lowest BCUT2D eigenvalue weighted by atomic mass is 9.89. The van der Waals surface area contributed by atoms with E-state index in [1.165, 1.54) is 14.2 Å². The van der Waals surface area contributed by atoms with E-state index in [9.17, 15) is 9.59 Å². The molecule has 5 heteroatoms. The summed E-state index contributed by atoms with van der Waals surface area (Å²) in [6.45, 7) is 2.04. The number of carbonyl (C=O) groups is 2. The van der Waals surface area contributed by atoms with E-state index in [1.54, 1.807) is 0 Å². The van der Waals surface area contributed by atoms with Gasteiger partial charge in [0, 0.05) is 0 Å². The van der Waals surface area contributed by atoms with Crippen molar-refractivity contribution >= 4 is 11.9 Å². The summed E-state index contributed by atoms with van der Waals surface area (Å²) in [5.74, 6) is -1.16. The van der Waals surface area contributed by atoms with Crippen LogP contribution >= 0.6 is 0 Å². The Morgan fingerprint density at radius 3 is 2.18 bits per heavy atom. The van der Waals surface area contributed by atoms with Crippen LogP contribution in [0.25, 0.3) is 0 Å². The maximum atomic E-state index is 11.4. The molecule has 1 rings (SSSR count). The summed E-state index contributed by atoms with van der Waals surface area (Å²) in [4.78, 5) is 22.9. The van der Waals surface area contributed by atoms with Gasteiger partial charge in [-0.2, -0.15) is 0 Å². The summed E-state index contributed by atoms with van der Waals surface area (Å²) >= 11 is 0. The highest BCUT2D eigenvalue weighted by molar-refractivity contribution is 5.94. The molecule has 1 heterocycles. The Balaban J connectivity index is 2.42. The third-order valence-corrected chi connectivity index (χ3v) is 3.29. The topological polar surface area (TPSA) is 64.6 Å². The molecule has 1 saturated heterocycles. The van der Waals surface area contributed by atoms with Gasteiger partial charge in [-0.25, -0.2) is 0 Å². The molecule has 0 bridgehead atoms. The van der Waals surface area contributed by atoms with Crippen LogP contribution in [-0.4, -0.2) is 39.2 Å². The first kappa shape index (κ1) is 14.0. The highest BCUT2D eigenvalue weighted by Gasteiger charge is 2.29. The van der Waals surface area contributed by atoms with Crippen LogP contribution in [0, 0.1) is 11.8 Å². The van der Waals surface area contributed by atoms with Crippen molar-refractivity contribution in [1.29, 1.82) is 0 Å². The van der Waals surface area contributed by atoms with Gasteiger partial charge in [0.2, 0.25) is 0 Å². The minimum atomic E-state index is -0.764. The molecule has 0 unspecified atom stereocenters. The van der Waals surface area contributed by atoms with Crippen LogP contribution in [0.1, 0.15) is 25.7 Å². The fourth-order valence-corrected chi connectivity index (χ4v) is 2.19. The first-order chi connectivity index (χ1) is 8.19. The predicted octanol–water partition coefficient (Wildman–Crippen LogP) is 0.728. The van der Waals surface area contributed by atoms with Crippen LogP contribution in [0.2, 0.25) is 0 Å². The molecule has 0 aromatic carbocycles. The summed E-state index contributed by atoms with van der Waals surface area (Å²) in [5, 5.41) is 3.29. The number of methoxy groups -OCH3 is 2. The van der Waals surface area contributed by atoms with Crippen LogP contribution < -0.4 is 5.32 Å². The Kier molecular flexibility index (Phi) is 5.97. The van der Waals surface area contributed by atoms with E-state index in [4.69, 9.17) is 0 Å². The molecular weight excluding hydrogens is 222 g/mol. The predicted molar refractivity (Wildman–Crippen MR) is 62.3 cm³/mol. The number of hydrogen-bond donors (Lipinski definition) is 1. The van der Waals surface area contributed by atoms with E-state index in [2.05, 4.69) is 14.8 Å². The second-order valence-electron chi connectivity index (χ2n) is 4.37. The zero-order valence-corrected chi connectivity index (χ0v) is 10.5. The summed E-state index contributed by atoms with van der Waals surface area (Å²) in [6.07, 6.45) is 3.60. The fourth-order valence-electron chi connectivity index (χ4n) is 2.19. The van der Waals surface area contributed by atoms with Crippen molar-refractivity contribution in [2.24, 2.45) is 11.8 Å². The van der Waals surface area contributed by atoms with Gasteiger partial charge in [-0.05, 0) is 44.7 Å². The van der Waals surface area contributed by atoms with Gasteiger partial charge in [0.15, 0.2) is 5.92 Å². The molecule has 1 N–H and O–H groups in total. The maximum absolute atomic E-state index is 11.4. The van der Waals surface area contributed by atoms with Crippen LogP contribution in [0.5, 0.6) is 0 Å². The highest BCUT2D eigenvalue weighted by atomic mass is 16.5. The molecule has 0 amide bonds. The number of hydrogen-bond acceptors (Lipinski definition) is 5. The smallest absolute Gasteiger partial charge is 0.320 e. The van der Waals surface area contributed by atoms with Gasteiger partial charge in [0.25, 0.3) is 0 Å². The van der Waals surface area contributed by atoms with Gasteiger partial charge >= 0.3 is 11.9 Å². The summed E-state index contributed by atoms with van der Waals surface area (Å²) in [6, 6.07) is 0. The lowest BCUT2D eigenvalue weighted by molar-refractivity contribution is -0.159. The molecule has 0 aromatic heterocycles. The zero-order chi connectivity index (χ0) is 12.7. The molecule has 1 aliphatic heterocycles. The average Bonchev–Trinajstić information content (AvgIpc) is 2.39. The van der Waals surface area contributed by atoms with E-state index < -0.39 is 17.9 Å². The molecule has 0 spiro atoms. The first-order valence-corrected chi connectivity index (χ1v) is 6.05. The monoisotopic (exact) mass is 243 g/mol. The Morgan fingerprint density at radius 1 is 1.18 bits per heavy atom. The molecular formula is C12H21NO4. The molecule has 1 fully saturated rings. The van der Waals surface area contributed by atoms with Crippen molar-refractivity contribution in [2.75, 3.05) is 27.3 Å². The summed E-state index contributed by atoms with van der Waals surface area (Å²) in [5.41, 5.74) is 0. The van der Waals surface area contributed by atoms with Crippen LogP contribution in [-0.2, 0) is 19.1 Å². The van der Waals surface area contributed by atoms with E-state index in [0.29, 0.717) is 12.3 Å². The normalized spacial score (nSPS) is 16.9. The maximum Gasteiger partial charge on any atom is 0.320 e. The number of piperidine rings is 1. The van der Waals surface area contributed by atoms with Crippen molar-refractivity contribution in [1.82, 2.24) is 5.32 Å². The molecule has 98 valence electrons. The molecule has 0 atom stereocenters. The van der Waals surface area contributed by atoms with E-state index >= 15 is 0 Å². The number of nitrogens with one attached hydrogen (secondary N) is 1. The largest absolute Gasteiger partial charge is 0.468 e. The third kappa shape index (κ3) is 4.34. The first-order valence-electron chi connectivity index (χ1n) is 6.05. The standard InChI is InChI=1S/C12H21NO4/c1-16-11(14)10(12(15)17-2)4-3-9-5-7-13-8-6-9/h9-10,13H,3-8H2,1-2H3. The van der Waals surface area contributed by atoms with Gasteiger partial charge in [-0.3, -0.25) is 9.59 Å². The molecule has 0 radical (unpaired) electrons. The van der Waals surface area contributed by atoms with Gasteiger partial charge in [-0.1, -0.05) is 0 Å². The minimum absolute atomic E-state index is 0.495. The van der Waals surface area contributed by atoms with Crippen molar-refractivity contribution < 1.29 is 19.1 Å². The van der Waals surface area contributed by atoms with Crippen molar-refractivity contribution in [3.05, 3.63) is 0 Å². The van der Waals surface area contributed by atoms with Crippen molar-refractivity contribution in [3.63, 3.8) is 0 Å². The molecule has 0 aliphatic carbocycles. The van der Waals surface area contributed by atoms with E-state index in [-0.39, 0.29) is 0 Å². The zero-order valence-electron chi connectivity index (χ0n) is 10.5. The third-order valence-electron chi connectivity index (χ3n) is 3.29. The Labute approximate surface area is 102 Å². The molecule has 0 aromatic rings. The van der Waals surface area contributed by atoms with Crippen LogP contribution in [0.3, 0.4) is 0 Å². The van der Waals surface area contributed by atoms with Crippen molar-refractivity contribution in [2.45, 2.75) is 25.7 Å². The second-order valence-corrected chi connectivity index (χ2v) is 4.37. The number of rotatable bonds is 5. The number of carbonyl (C=O) groups excluding carboxylic acids is 2. The second kappa shape index (κ2) is 7.27. The SMILES string of the molecule is COC(=O)C(CCC1CCNCC1)C(=O)OC. The Hall–Kier alpha value is -1.10. The highest BCUT2D eigenvalue weighted by Crippen LogP contribution is 2.22. The van der Waals surface area contributed by atoms with Crippen molar-refractivity contribution in [3.8, 4) is 0 Å². The Morgan fingerprint density at radius 2 is 1.71 bits per heavy atom. The molecule has 5 nitrogen and oxygen atoms in total. The van der Waals surface area contributed by atoms with E-state index in [1.807, 2.05) is 0 Å². The van der Waals surface area contributed by atoms with E-state index in [0.717, 1.165) is 32.4 Å². The molecule has 1 aliphatic rings. The molecule has 0 saturated carbocycles. The average molecular weight is 243 g/mol. The van der Waals surface area contributed by atoms with Crippen LogP contribution in [0.4, 0.5) is 0 Å². The van der Waals surface area contributed by atoms with Gasteiger partial charge < -0.3 is 14.8 Å². The van der Waals surface area contributed by atoms with Gasteiger partial charge in [-0.15, -0.1) is 0 Å². The van der Waals surface area contributed by atoms with Crippen LogP contribution in [0.15, 0.2) is 0 Å². The quantitative estimate of drug-likeness (QED) is 0.569. The number of esters is 2. The fraction of sp³-hybridized carbons (Fsp3) is 0.833. The Bertz CT molecular complexity index is 245.